The molecule has 1 aromatic heterocycles. The lowest BCUT2D eigenvalue weighted by atomic mass is 10.1. The molecule has 0 saturated carbocycles. The van der Waals surface area contributed by atoms with E-state index < -0.39 is 0 Å². The summed E-state index contributed by atoms with van der Waals surface area (Å²) in [6.07, 6.45) is 3.13. The van der Waals surface area contributed by atoms with Gasteiger partial charge in [0.1, 0.15) is 5.75 Å². The first-order chi connectivity index (χ1) is 10.2. The number of fused-ring (bicyclic) bond motifs is 1. The predicted molar refractivity (Wildman–Crippen MR) is 87.6 cm³/mol. The van der Waals surface area contributed by atoms with Crippen LogP contribution in [0, 0.1) is 6.92 Å². The van der Waals surface area contributed by atoms with E-state index >= 15 is 0 Å². The Balaban J connectivity index is 1.57. The standard InChI is InChI=1S/C18H20N2O/c1-14-4-2-5-18-17(14)10-12-20(18)11-3-13-21-16-8-6-15(19)7-9-16/h2,4-10,12H,3,11,13,19H2,1H3. The van der Waals surface area contributed by atoms with Crippen molar-refractivity contribution in [2.24, 2.45) is 0 Å². The molecule has 0 aliphatic heterocycles. The molecule has 0 aliphatic carbocycles. The zero-order valence-electron chi connectivity index (χ0n) is 12.3. The van der Waals surface area contributed by atoms with Crippen LogP contribution in [0.25, 0.3) is 10.9 Å². The van der Waals surface area contributed by atoms with Gasteiger partial charge in [-0.05, 0) is 55.3 Å². The molecule has 3 aromatic rings. The van der Waals surface area contributed by atoms with Crippen LogP contribution in [0.5, 0.6) is 5.75 Å². The Morgan fingerprint density at radius 2 is 1.86 bits per heavy atom. The lowest BCUT2D eigenvalue weighted by molar-refractivity contribution is 0.302. The largest absolute Gasteiger partial charge is 0.494 e. The number of hydrogen-bond donors (Lipinski definition) is 1. The minimum absolute atomic E-state index is 0.704. The van der Waals surface area contributed by atoms with E-state index in [1.54, 1.807) is 0 Å². The summed E-state index contributed by atoms with van der Waals surface area (Å²) in [7, 11) is 0. The molecule has 3 heteroatoms. The highest BCUT2D eigenvalue weighted by atomic mass is 16.5. The van der Waals surface area contributed by atoms with Crippen molar-refractivity contribution in [1.29, 1.82) is 0 Å². The average Bonchev–Trinajstić information content (AvgIpc) is 2.90. The molecule has 0 radical (unpaired) electrons. The topological polar surface area (TPSA) is 40.2 Å². The van der Waals surface area contributed by atoms with E-state index in [4.69, 9.17) is 10.5 Å². The van der Waals surface area contributed by atoms with Crippen molar-refractivity contribution in [3.8, 4) is 5.75 Å². The van der Waals surface area contributed by atoms with E-state index in [-0.39, 0.29) is 0 Å². The molecule has 0 atom stereocenters. The van der Waals surface area contributed by atoms with Crippen molar-refractivity contribution in [1.82, 2.24) is 4.57 Å². The predicted octanol–water partition coefficient (Wildman–Crippen LogP) is 4.00. The van der Waals surface area contributed by atoms with Gasteiger partial charge in [0.15, 0.2) is 0 Å². The van der Waals surface area contributed by atoms with Crippen molar-refractivity contribution in [2.75, 3.05) is 12.3 Å². The smallest absolute Gasteiger partial charge is 0.119 e. The summed E-state index contributed by atoms with van der Waals surface area (Å²) < 4.78 is 8.01. The van der Waals surface area contributed by atoms with Gasteiger partial charge < -0.3 is 15.0 Å². The van der Waals surface area contributed by atoms with E-state index in [1.807, 2.05) is 24.3 Å². The van der Waals surface area contributed by atoms with E-state index in [1.165, 1.54) is 16.5 Å². The van der Waals surface area contributed by atoms with Crippen molar-refractivity contribution in [2.45, 2.75) is 19.9 Å². The summed E-state index contributed by atoms with van der Waals surface area (Å²) in [4.78, 5) is 0. The number of aromatic nitrogens is 1. The molecule has 0 fully saturated rings. The second kappa shape index (κ2) is 5.92. The van der Waals surface area contributed by atoms with E-state index in [0.717, 1.165) is 24.4 Å². The lowest BCUT2D eigenvalue weighted by Gasteiger charge is -2.08. The fraction of sp³-hybridized carbons (Fsp3) is 0.222. The lowest BCUT2D eigenvalue weighted by Crippen LogP contribution is -2.03. The molecule has 21 heavy (non-hydrogen) atoms. The Kier molecular flexibility index (Phi) is 3.82. The van der Waals surface area contributed by atoms with Crippen LogP contribution in [-0.4, -0.2) is 11.2 Å². The molecule has 0 aliphatic rings. The number of nitrogen functional groups attached to an aromatic ring is 1. The van der Waals surface area contributed by atoms with Gasteiger partial charge in [-0.25, -0.2) is 0 Å². The minimum Gasteiger partial charge on any atom is -0.494 e. The summed E-state index contributed by atoms with van der Waals surface area (Å²) in [5.74, 6) is 0.873. The fourth-order valence-corrected chi connectivity index (χ4v) is 2.56. The average molecular weight is 280 g/mol. The summed E-state index contributed by atoms with van der Waals surface area (Å²) in [5, 5.41) is 1.33. The van der Waals surface area contributed by atoms with Crippen LogP contribution in [0.2, 0.25) is 0 Å². The normalized spacial score (nSPS) is 10.9. The highest BCUT2D eigenvalue weighted by Gasteiger charge is 2.02. The quantitative estimate of drug-likeness (QED) is 0.567. The summed E-state index contributed by atoms with van der Waals surface area (Å²) in [5.41, 5.74) is 9.03. The third-order valence-electron chi connectivity index (χ3n) is 3.72. The Morgan fingerprint density at radius 3 is 2.67 bits per heavy atom. The molecule has 2 aromatic carbocycles. The molecule has 0 spiro atoms. The fourth-order valence-electron chi connectivity index (χ4n) is 2.56. The Hall–Kier alpha value is -2.42. The number of ether oxygens (including phenoxy) is 1. The Labute approximate surface area is 125 Å². The molecule has 1 heterocycles. The molecule has 0 amide bonds. The van der Waals surface area contributed by atoms with Crippen LogP contribution < -0.4 is 10.5 Å². The molecular formula is C18H20N2O. The first-order valence-corrected chi connectivity index (χ1v) is 7.27. The van der Waals surface area contributed by atoms with Gasteiger partial charge in [-0.15, -0.1) is 0 Å². The summed E-state index contributed by atoms with van der Waals surface area (Å²) in [6.45, 7) is 3.81. The Morgan fingerprint density at radius 1 is 1.05 bits per heavy atom. The van der Waals surface area contributed by atoms with Crippen LogP contribution in [0.4, 0.5) is 5.69 Å². The zero-order valence-corrected chi connectivity index (χ0v) is 12.3. The van der Waals surface area contributed by atoms with Gasteiger partial charge in [-0.1, -0.05) is 12.1 Å². The van der Waals surface area contributed by atoms with E-state index in [9.17, 15) is 0 Å². The van der Waals surface area contributed by atoms with Gasteiger partial charge in [0.05, 0.1) is 6.61 Å². The van der Waals surface area contributed by atoms with Crippen molar-refractivity contribution in [3.63, 3.8) is 0 Å². The van der Waals surface area contributed by atoms with E-state index in [2.05, 4.69) is 42.0 Å². The van der Waals surface area contributed by atoms with Gasteiger partial charge in [-0.2, -0.15) is 0 Å². The maximum atomic E-state index is 5.73. The number of nitrogens with zero attached hydrogens (tertiary/aromatic N) is 1. The highest BCUT2D eigenvalue weighted by molar-refractivity contribution is 5.83. The van der Waals surface area contributed by atoms with E-state index in [0.29, 0.717) is 6.61 Å². The Bertz CT molecular complexity index is 729. The number of nitrogens with two attached hydrogens (primary N) is 1. The first kappa shape index (κ1) is 13.6. The van der Waals surface area contributed by atoms with Crippen LogP contribution in [0.3, 0.4) is 0 Å². The van der Waals surface area contributed by atoms with Crippen LogP contribution in [-0.2, 0) is 6.54 Å². The number of aryl methyl sites for hydroxylation is 2. The SMILES string of the molecule is Cc1cccc2c1ccn2CCCOc1ccc(N)cc1. The maximum Gasteiger partial charge on any atom is 0.119 e. The van der Waals surface area contributed by atoms with Crippen molar-refractivity contribution < 1.29 is 4.74 Å². The molecule has 0 unspecified atom stereocenters. The zero-order chi connectivity index (χ0) is 14.7. The molecular weight excluding hydrogens is 260 g/mol. The third-order valence-corrected chi connectivity index (χ3v) is 3.72. The van der Waals surface area contributed by atoms with Crippen LogP contribution in [0.1, 0.15) is 12.0 Å². The van der Waals surface area contributed by atoms with Crippen molar-refractivity contribution >= 4 is 16.6 Å². The first-order valence-electron chi connectivity index (χ1n) is 7.27. The van der Waals surface area contributed by atoms with Gasteiger partial charge >= 0.3 is 0 Å². The van der Waals surface area contributed by atoms with Gasteiger partial charge in [0, 0.05) is 29.3 Å². The maximum absolute atomic E-state index is 5.73. The number of rotatable bonds is 5. The monoisotopic (exact) mass is 280 g/mol. The highest BCUT2D eigenvalue weighted by Crippen LogP contribution is 2.20. The molecule has 3 rings (SSSR count). The molecule has 0 saturated heterocycles. The number of hydrogen-bond acceptors (Lipinski definition) is 2. The van der Waals surface area contributed by atoms with Gasteiger partial charge in [0.2, 0.25) is 0 Å². The van der Waals surface area contributed by atoms with Crippen LogP contribution >= 0.6 is 0 Å². The van der Waals surface area contributed by atoms with Gasteiger partial charge in [-0.3, -0.25) is 0 Å². The number of benzene rings is 2. The minimum atomic E-state index is 0.704. The molecule has 2 N–H and O–H groups in total. The van der Waals surface area contributed by atoms with Crippen LogP contribution in [0.15, 0.2) is 54.7 Å². The van der Waals surface area contributed by atoms with Crippen molar-refractivity contribution in [3.05, 3.63) is 60.3 Å². The molecule has 108 valence electrons. The third kappa shape index (κ3) is 3.02. The summed E-state index contributed by atoms with van der Waals surface area (Å²) in [6, 6.07) is 16.1. The number of anilines is 1. The second-order valence-electron chi connectivity index (χ2n) is 5.29. The second-order valence-corrected chi connectivity index (χ2v) is 5.29. The molecule has 3 nitrogen and oxygen atoms in total. The van der Waals surface area contributed by atoms with Gasteiger partial charge in [0.25, 0.3) is 0 Å². The summed E-state index contributed by atoms with van der Waals surface area (Å²) >= 11 is 0. The molecule has 0 bridgehead atoms.